The van der Waals surface area contributed by atoms with Crippen LogP contribution in [0.1, 0.15) is 12.6 Å². The van der Waals surface area contributed by atoms with Gasteiger partial charge in [-0.2, -0.15) is 13.2 Å². The summed E-state index contributed by atoms with van der Waals surface area (Å²) in [5.74, 6) is 0. The van der Waals surface area contributed by atoms with Crippen molar-refractivity contribution >= 4 is 16.5 Å². The van der Waals surface area contributed by atoms with Crippen molar-refractivity contribution in [3.63, 3.8) is 0 Å². The molecule has 17 heavy (non-hydrogen) atoms. The summed E-state index contributed by atoms with van der Waals surface area (Å²) >= 11 is 1.24. The van der Waals surface area contributed by atoms with E-state index in [1.165, 1.54) is 18.4 Å². The lowest BCUT2D eigenvalue weighted by atomic mass is 10.3. The van der Waals surface area contributed by atoms with E-state index in [0.717, 1.165) is 30.1 Å². The first-order valence-electron chi connectivity index (χ1n) is 5.35. The summed E-state index contributed by atoms with van der Waals surface area (Å²) in [4.78, 5) is 5.30. The Morgan fingerprint density at radius 3 is 2.76 bits per heavy atom. The molecule has 98 valence electrons. The van der Waals surface area contributed by atoms with E-state index in [4.69, 9.17) is 0 Å². The molecule has 0 saturated carbocycles. The van der Waals surface area contributed by atoms with E-state index in [1.54, 1.807) is 5.38 Å². The molecule has 0 bridgehead atoms. The highest BCUT2D eigenvalue weighted by Crippen LogP contribution is 2.23. The molecule has 1 heterocycles. The van der Waals surface area contributed by atoms with Gasteiger partial charge in [0.25, 0.3) is 0 Å². The Balaban J connectivity index is 2.49. The van der Waals surface area contributed by atoms with Crippen LogP contribution in [0.5, 0.6) is 0 Å². The number of anilines is 1. The van der Waals surface area contributed by atoms with E-state index in [1.807, 2.05) is 6.92 Å². The van der Waals surface area contributed by atoms with E-state index < -0.39 is 12.7 Å². The first-order chi connectivity index (χ1) is 7.92. The molecule has 1 aromatic heterocycles. The average Bonchev–Trinajstić information content (AvgIpc) is 2.64. The smallest absolute Gasteiger partial charge is 0.342 e. The number of hydrogen-bond donors (Lipinski definition) is 1. The normalized spacial score (nSPS) is 11.8. The number of alkyl halides is 3. The zero-order valence-corrected chi connectivity index (χ0v) is 10.7. The molecule has 0 spiro atoms. The van der Waals surface area contributed by atoms with Crippen molar-refractivity contribution < 1.29 is 13.2 Å². The minimum atomic E-state index is -4.19. The molecule has 0 aliphatic carbocycles. The summed E-state index contributed by atoms with van der Waals surface area (Å²) in [6, 6.07) is 0. The Bertz CT molecular complexity index is 338. The molecule has 1 rings (SSSR count). The maximum Gasteiger partial charge on any atom is 0.405 e. The highest BCUT2D eigenvalue weighted by molar-refractivity contribution is 7.13. The summed E-state index contributed by atoms with van der Waals surface area (Å²) < 4.78 is 36.5. The van der Waals surface area contributed by atoms with Gasteiger partial charge >= 0.3 is 6.18 Å². The quantitative estimate of drug-likeness (QED) is 0.802. The Morgan fingerprint density at radius 1 is 1.47 bits per heavy atom. The third kappa shape index (κ3) is 5.36. The van der Waals surface area contributed by atoms with Crippen molar-refractivity contribution in [2.45, 2.75) is 19.5 Å². The van der Waals surface area contributed by atoms with Crippen molar-refractivity contribution in [1.82, 2.24) is 10.3 Å². The van der Waals surface area contributed by atoms with Gasteiger partial charge in [-0.3, -0.25) is 0 Å². The highest BCUT2D eigenvalue weighted by atomic mass is 32.1. The topological polar surface area (TPSA) is 28.2 Å². The minimum Gasteiger partial charge on any atom is -0.342 e. The fourth-order valence-electron chi connectivity index (χ4n) is 1.32. The number of hydrogen-bond acceptors (Lipinski definition) is 4. The van der Waals surface area contributed by atoms with Gasteiger partial charge in [-0.15, -0.1) is 11.3 Å². The van der Waals surface area contributed by atoms with Gasteiger partial charge in [-0.05, 0) is 6.54 Å². The zero-order chi connectivity index (χ0) is 12.9. The Kier molecular flexibility index (Phi) is 5.20. The molecule has 7 heteroatoms. The lowest BCUT2D eigenvalue weighted by Gasteiger charge is -2.17. The molecule has 0 saturated heterocycles. The largest absolute Gasteiger partial charge is 0.405 e. The fourth-order valence-corrected chi connectivity index (χ4v) is 2.14. The van der Waals surface area contributed by atoms with Gasteiger partial charge in [0.05, 0.1) is 5.69 Å². The van der Waals surface area contributed by atoms with Crippen LogP contribution >= 0.6 is 11.3 Å². The zero-order valence-electron chi connectivity index (χ0n) is 9.84. The maximum atomic E-state index is 12.2. The molecular formula is C10H16F3N3S. The third-order valence-corrected chi connectivity index (χ3v) is 3.09. The van der Waals surface area contributed by atoms with Gasteiger partial charge in [0.15, 0.2) is 5.13 Å². The van der Waals surface area contributed by atoms with Gasteiger partial charge in [-0.25, -0.2) is 4.98 Å². The van der Waals surface area contributed by atoms with E-state index in [-0.39, 0.29) is 0 Å². The molecule has 0 aliphatic heterocycles. The van der Waals surface area contributed by atoms with Crippen LogP contribution in [0, 0.1) is 0 Å². The number of likely N-dealkylation sites (N-methyl/N-ethyl adjacent to an activating group) is 1. The Morgan fingerprint density at radius 2 is 2.18 bits per heavy atom. The van der Waals surface area contributed by atoms with Gasteiger partial charge in [0.2, 0.25) is 0 Å². The number of halogens is 3. The first-order valence-corrected chi connectivity index (χ1v) is 6.23. The molecule has 0 amide bonds. The van der Waals surface area contributed by atoms with Crippen LogP contribution < -0.4 is 10.2 Å². The predicted molar refractivity (Wildman–Crippen MR) is 63.7 cm³/mol. The molecule has 3 nitrogen and oxygen atoms in total. The monoisotopic (exact) mass is 267 g/mol. The minimum absolute atomic E-state index is 0.411. The summed E-state index contributed by atoms with van der Waals surface area (Å²) in [5, 5.41) is 5.36. The van der Waals surface area contributed by atoms with Gasteiger partial charge in [-0.1, -0.05) is 6.92 Å². The molecule has 0 radical (unpaired) electrons. The third-order valence-electron chi connectivity index (χ3n) is 2.09. The van der Waals surface area contributed by atoms with Crippen LogP contribution in [-0.2, 0) is 6.42 Å². The van der Waals surface area contributed by atoms with Crippen molar-refractivity contribution in [2.75, 3.05) is 31.6 Å². The van der Waals surface area contributed by atoms with Crippen LogP contribution in [0.4, 0.5) is 18.3 Å². The fraction of sp³-hybridized carbons (Fsp3) is 0.700. The number of rotatable bonds is 6. The number of thiazole rings is 1. The molecule has 0 unspecified atom stereocenters. The van der Waals surface area contributed by atoms with E-state index >= 15 is 0 Å². The molecule has 1 N–H and O–H groups in total. The second-order valence-electron chi connectivity index (χ2n) is 3.70. The maximum absolute atomic E-state index is 12.2. The second-order valence-corrected chi connectivity index (χ2v) is 4.53. The van der Waals surface area contributed by atoms with Crippen molar-refractivity contribution in [2.24, 2.45) is 0 Å². The van der Waals surface area contributed by atoms with Crippen molar-refractivity contribution in [1.29, 1.82) is 0 Å². The van der Waals surface area contributed by atoms with Crippen LogP contribution in [0.25, 0.3) is 0 Å². The van der Waals surface area contributed by atoms with Crippen LogP contribution in [0.2, 0.25) is 0 Å². The molecular weight excluding hydrogens is 251 g/mol. The van der Waals surface area contributed by atoms with Crippen LogP contribution in [0.3, 0.4) is 0 Å². The van der Waals surface area contributed by atoms with Gasteiger partial charge in [0, 0.05) is 25.4 Å². The van der Waals surface area contributed by atoms with Crippen molar-refractivity contribution in [3.8, 4) is 0 Å². The number of nitrogens with zero attached hydrogens (tertiary/aromatic N) is 2. The predicted octanol–water partition coefficient (Wildman–Crippen LogP) is 2.29. The van der Waals surface area contributed by atoms with Crippen LogP contribution in [0.15, 0.2) is 5.38 Å². The van der Waals surface area contributed by atoms with E-state index in [2.05, 4.69) is 10.3 Å². The van der Waals surface area contributed by atoms with Crippen molar-refractivity contribution in [3.05, 3.63) is 11.1 Å². The summed E-state index contributed by atoms with van der Waals surface area (Å²) in [7, 11) is 1.40. The molecule has 0 atom stereocenters. The SMILES string of the molecule is CCNCCc1csc(N(C)CC(F)(F)F)n1. The molecule has 0 aromatic carbocycles. The first kappa shape index (κ1) is 14.2. The Hall–Kier alpha value is -0.820. The average molecular weight is 267 g/mol. The summed E-state index contributed by atoms with van der Waals surface area (Å²) in [6.07, 6.45) is -3.45. The summed E-state index contributed by atoms with van der Waals surface area (Å²) in [5.41, 5.74) is 0.833. The molecule has 0 fully saturated rings. The number of nitrogens with one attached hydrogen (secondary N) is 1. The summed E-state index contributed by atoms with van der Waals surface area (Å²) in [6.45, 7) is 2.71. The molecule has 1 aromatic rings. The standard InChI is InChI=1S/C10H16F3N3S/c1-3-14-5-4-8-6-17-9(15-8)16(2)7-10(11,12)13/h6,14H,3-5,7H2,1-2H3. The Labute approximate surface area is 103 Å². The number of aromatic nitrogens is 1. The highest BCUT2D eigenvalue weighted by Gasteiger charge is 2.30. The van der Waals surface area contributed by atoms with Gasteiger partial charge in [0.1, 0.15) is 6.54 Å². The lowest BCUT2D eigenvalue weighted by Crippen LogP contribution is -2.30. The molecule has 0 aliphatic rings. The second kappa shape index (κ2) is 6.20. The lowest BCUT2D eigenvalue weighted by molar-refractivity contribution is -0.119. The van der Waals surface area contributed by atoms with Gasteiger partial charge < -0.3 is 10.2 Å². The van der Waals surface area contributed by atoms with E-state index in [9.17, 15) is 13.2 Å². The van der Waals surface area contributed by atoms with E-state index in [0.29, 0.717) is 5.13 Å². The van der Waals surface area contributed by atoms with Crippen LogP contribution in [-0.4, -0.2) is 37.8 Å².